The first-order valence-electron chi connectivity index (χ1n) is 8.77. The molecule has 0 aliphatic carbocycles. The summed E-state index contributed by atoms with van der Waals surface area (Å²) in [6.45, 7) is 7.34. The highest BCUT2D eigenvalue weighted by Crippen LogP contribution is 2.28. The number of nitrogen functional groups attached to an aromatic ring is 1. The molecule has 2 aromatic heterocycles. The number of hydrogen-bond donors (Lipinski definition) is 2. The molecule has 0 saturated heterocycles. The van der Waals surface area contributed by atoms with Crippen molar-refractivity contribution in [3.63, 3.8) is 0 Å². The zero-order valence-electron chi connectivity index (χ0n) is 15.0. The number of para-hydroxylation sites is 1. The number of nitrogens with zero attached hydrogens (tertiary/aromatic N) is 3. The summed E-state index contributed by atoms with van der Waals surface area (Å²) in [5.74, 6) is 1.54. The summed E-state index contributed by atoms with van der Waals surface area (Å²) in [5.41, 5.74) is 8.81. The van der Waals surface area contributed by atoms with Crippen LogP contribution in [0.3, 0.4) is 0 Å². The fourth-order valence-corrected chi connectivity index (χ4v) is 3.05. The van der Waals surface area contributed by atoms with Crippen LogP contribution in [-0.2, 0) is 11.3 Å². The van der Waals surface area contributed by atoms with Gasteiger partial charge in [-0.2, -0.15) is 0 Å². The quantitative estimate of drug-likeness (QED) is 0.676. The van der Waals surface area contributed by atoms with E-state index in [1.165, 1.54) is 0 Å². The molecule has 0 radical (unpaired) electrons. The number of pyridine rings is 1. The highest BCUT2D eigenvalue weighted by molar-refractivity contribution is 6.06. The number of nitrogens with one attached hydrogen (secondary N) is 1. The van der Waals surface area contributed by atoms with E-state index in [4.69, 9.17) is 5.73 Å². The third-order valence-corrected chi connectivity index (χ3v) is 4.43. The Morgan fingerprint density at radius 1 is 1.24 bits per heavy atom. The lowest BCUT2D eigenvalue weighted by Crippen LogP contribution is -2.28. The minimum absolute atomic E-state index is 0.0293. The van der Waals surface area contributed by atoms with E-state index >= 15 is 0 Å². The predicted octanol–water partition coefficient (Wildman–Crippen LogP) is 3.03. The molecule has 132 valence electrons. The predicted molar refractivity (Wildman–Crippen MR) is 101 cm³/mol. The highest BCUT2D eigenvalue weighted by Gasteiger charge is 2.14. The maximum Gasteiger partial charge on any atom is 0.222 e. The van der Waals surface area contributed by atoms with Gasteiger partial charge in [-0.15, -0.1) is 0 Å². The molecular formula is C19H25N5O. The Morgan fingerprint density at radius 2 is 2.00 bits per heavy atom. The molecule has 6 nitrogen and oxygen atoms in total. The Hall–Kier alpha value is -2.63. The van der Waals surface area contributed by atoms with E-state index in [2.05, 4.69) is 25.9 Å². The van der Waals surface area contributed by atoms with E-state index in [0.29, 0.717) is 12.4 Å². The van der Waals surface area contributed by atoms with E-state index in [0.717, 1.165) is 47.1 Å². The van der Waals surface area contributed by atoms with E-state index in [1.54, 1.807) is 0 Å². The number of rotatable bonds is 6. The summed E-state index contributed by atoms with van der Waals surface area (Å²) in [5, 5.41) is 4.03. The maximum atomic E-state index is 11.6. The molecule has 1 amide bonds. The maximum absolute atomic E-state index is 11.6. The molecule has 3 aromatic rings. The number of carbonyl (C=O) groups excluding carboxylic acids is 1. The van der Waals surface area contributed by atoms with Gasteiger partial charge < -0.3 is 15.6 Å². The lowest BCUT2D eigenvalue weighted by molar-refractivity contribution is -0.123. The van der Waals surface area contributed by atoms with Gasteiger partial charge in [0.25, 0.3) is 0 Å². The van der Waals surface area contributed by atoms with Gasteiger partial charge in [0, 0.05) is 24.4 Å². The van der Waals surface area contributed by atoms with Crippen molar-refractivity contribution in [3.8, 4) is 0 Å². The summed E-state index contributed by atoms with van der Waals surface area (Å²) in [6.07, 6.45) is 1.89. The van der Waals surface area contributed by atoms with Gasteiger partial charge in [0.05, 0.1) is 11.0 Å². The molecule has 0 atom stereocenters. The topological polar surface area (TPSA) is 85.8 Å². The SMILES string of the molecule is Cc1nc2c(N)nc3ccccc3c2n1CCCCNC(=O)C(C)C. The number of amides is 1. The largest absolute Gasteiger partial charge is 0.382 e. The molecule has 3 N–H and O–H groups in total. The second-order valence-electron chi connectivity index (χ2n) is 6.67. The van der Waals surface area contributed by atoms with Crippen LogP contribution in [-0.4, -0.2) is 27.0 Å². The van der Waals surface area contributed by atoms with Crippen molar-refractivity contribution in [1.29, 1.82) is 0 Å². The van der Waals surface area contributed by atoms with Crippen LogP contribution in [0.1, 0.15) is 32.5 Å². The molecule has 0 aliphatic heterocycles. The van der Waals surface area contributed by atoms with E-state index in [-0.39, 0.29) is 11.8 Å². The molecule has 6 heteroatoms. The number of unbranched alkanes of at least 4 members (excludes halogenated alkanes) is 1. The first-order valence-corrected chi connectivity index (χ1v) is 8.77. The summed E-state index contributed by atoms with van der Waals surface area (Å²) in [7, 11) is 0. The number of fused-ring (bicyclic) bond motifs is 3. The number of anilines is 1. The minimum Gasteiger partial charge on any atom is -0.382 e. The van der Waals surface area contributed by atoms with E-state index in [1.807, 2.05) is 39.0 Å². The second-order valence-corrected chi connectivity index (χ2v) is 6.67. The number of hydrogen-bond acceptors (Lipinski definition) is 4. The van der Waals surface area contributed by atoms with Crippen molar-refractivity contribution in [2.24, 2.45) is 5.92 Å². The van der Waals surface area contributed by atoms with Crippen LogP contribution in [0.15, 0.2) is 24.3 Å². The smallest absolute Gasteiger partial charge is 0.222 e. The fraction of sp³-hybridized carbons (Fsp3) is 0.421. The lowest BCUT2D eigenvalue weighted by atomic mass is 10.2. The summed E-state index contributed by atoms with van der Waals surface area (Å²) >= 11 is 0. The first-order chi connectivity index (χ1) is 12.0. The number of aromatic nitrogens is 3. The van der Waals surface area contributed by atoms with Crippen molar-refractivity contribution in [1.82, 2.24) is 19.9 Å². The number of carbonyl (C=O) groups is 1. The van der Waals surface area contributed by atoms with Crippen LogP contribution in [0.4, 0.5) is 5.82 Å². The van der Waals surface area contributed by atoms with Crippen molar-refractivity contribution in [2.75, 3.05) is 12.3 Å². The van der Waals surface area contributed by atoms with Gasteiger partial charge >= 0.3 is 0 Å². The fourth-order valence-electron chi connectivity index (χ4n) is 3.05. The highest BCUT2D eigenvalue weighted by atomic mass is 16.1. The van der Waals surface area contributed by atoms with Crippen LogP contribution in [0, 0.1) is 12.8 Å². The number of nitrogens with two attached hydrogens (primary N) is 1. The zero-order valence-corrected chi connectivity index (χ0v) is 15.0. The van der Waals surface area contributed by atoms with Gasteiger partial charge in [0.2, 0.25) is 5.91 Å². The van der Waals surface area contributed by atoms with Crippen molar-refractivity contribution >= 4 is 33.7 Å². The van der Waals surface area contributed by atoms with Gasteiger partial charge in [-0.05, 0) is 25.8 Å². The Labute approximate surface area is 147 Å². The van der Waals surface area contributed by atoms with Crippen molar-refractivity contribution in [3.05, 3.63) is 30.1 Å². The van der Waals surface area contributed by atoms with Crippen molar-refractivity contribution < 1.29 is 4.79 Å². The van der Waals surface area contributed by atoms with Crippen LogP contribution >= 0.6 is 0 Å². The Kier molecular flexibility index (Phi) is 4.88. The van der Waals surface area contributed by atoms with E-state index < -0.39 is 0 Å². The molecule has 0 aliphatic rings. The van der Waals surface area contributed by atoms with Gasteiger partial charge in [-0.25, -0.2) is 9.97 Å². The molecule has 1 aromatic carbocycles. The first kappa shape index (κ1) is 17.2. The standard InChI is InChI=1S/C19H25N5O/c1-12(2)19(25)21-10-6-7-11-24-13(3)22-16-17(24)14-8-4-5-9-15(14)23-18(16)20/h4-5,8-9,12H,6-7,10-11H2,1-3H3,(H2,20,23)(H,21,25). The molecule has 0 saturated carbocycles. The van der Waals surface area contributed by atoms with Gasteiger partial charge in [0.15, 0.2) is 5.82 Å². The Bertz CT molecular complexity index is 913. The van der Waals surface area contributed by atoms with E-state index in [9.17, 15) is 4.79 Å². The van der Waals surface area contributed by atoms with Crippen LogP contribution in [0.25, 0.3) is 21.9 Å². The van der Waals surface area contributed by atoms with Gasteiger partial charge in [-0.3, -0.25) is 4.79 Å². The normalized spacial score (nSPS) is 11.5. The van der Waals surface area contributed by atoms with Gasteiger partial charge in [-0.1, -0.05) is 32.0 Å². The lowest BCUT2D eigenvalue weighted by Gasteiger charge is -2.10. The van der Waals surface area contributed by atoms with Crippen LogP contribution < -0.4 is 11.1 Å². The molecule has 0 unspecified atom stereocenters. The summed E-state index contributed by atoms with van der Waals surface area (Å²) in [6, 6.07) is 8.00. The Morgan fingerprint density at radius 3 is 2.76 bits per heavy atom. The van der Waals surface area contributed by atoms with Crippen LogP contribution in [0.2, 0.25) is 0 Å². The molecular weight excluding hydrogens is 314 g/mol. The summed E-state index contributed by atoms with van der Waals surface area (Å²) in [4.78, 5) is 20.7. The average molecular weight is 339 g/mol. The third-order valence-electron chi connectivity index (χ3n) is 4.43. The third kappa shape index (κ3) is 3.43. The second kappa shape index (κ2) is 7.09. The number of benzene rings is 1. The molecule has 0 fully saturated rings. The minimum atomic E-state index is 0.0293. The molecule has 3 rings (SSSR count). The average Bonchev–Trinajstić information content (AvgIpc) is 2.92. The molecule has 2 heterocycles. The molecule has 0 spiro atoms. The number of aryl methyl sites for hydroxylation is 2. The summed E-state index contributed by atoms with van der Waals surface area (Å²) < 4.78 is 2.21. The van der Waals surface area contributed by atoms with Gasteiger partial charge in [0.1, 0.15) is 11.3 Å². The van der Waals surface area contributed by atoms with Crippen molar-refractivity contribution in [2.45, 2.75) is 40.2 Å². The monoisotopic (exact) mass is 339 g/mol. The zero-order chi connectivity index (χ0) is 18.0. The van der Waals surface area contributed by atoms with Crippen LogP contribution in [0.5, 0.6) is 0 Å². The molecule has 25 heavy (non-hydrogen) atoms. The molecule has 0 bridgehead atoms. The Balaban J connectivity index is 1.80. The number of imidazole rings is 1.